The first-order valence-corrected chi connectivity index (χ1v) is 7.89. The third-order valence-corrected chi connectivity index (χ3v) is 5.69. The maximum Gasteiger partial charge on any atom is 0.0305 e. The fourth-order valence-corrected chi connectivity index (χ4v) is 4.67. The Balaban J connectivity index is 2.02. The normalized spacial score (nSPS) is 27.2. The summed E-state index contributed by atoms with van der Waals surface area (Å²) < 4.78 is 0. The topological polar surface area (TPSA) is 12.0 Å². The Morgan fingerprint density at radius 1 is 1.44 bits per heavy atom. The van der Waals surface area contributed by atoms with Gasteiger partial charge in [0.25, 0.3) is 0 Å². The van der Waals surface area contributed by atoms with Crippen LogP contribution in [0.2, 0.25) is 0 Å². The third-order valence-electron chi connectivity index (χ3n) is 3.39. The SMILES string of the molecule is Cc1cc(C(C)NC2CCSC2C)c(C)s1. The van der Waals surface area contributed by atoms with Crippen molar-refractivity contribution in [3.05, 3.63) is 21.4 Å². The predicted octanol–water partition coefficient (Wildman–Crippen LogP) is 3.91. The molecule has 16 heavy (non-hydrogen) atoms. The summed E-state index contributed by atoms with van der Waals surface area (Å²) >= 11 is 4.00. The van der Waals surface area contributed by atoms with Crippen molar-refractivity contribution in [2.75, 3.05) is 5.75 Å². The summed E-state index contributed by atoms with van der Waals surface area (Å²) in [7, 11) is 0. The van der Waals surface area contributed by atoms with E-state index in [1.54, 1.807) is 0 Å². The van der Waals surface area contributed by atoms with Crippen molar-refractivity contribution in [1.29, 1.82) is 0 Å². The van der Waals surface area contributed by atoms with Crippen LogP contribution in [-0.2, 0) is 0 Å². The summed E-state index contributed by atoms with van der Waals surface area (Å²) in [6, 6.07) is 3.53. The van der Waals surface area contributed by atoms with Gasteiger partial charge < -0.3 is 5.32 Å². The molecule has 1 aromatic heterocycles. The zero-order chi connectivity index (χ0) is 11.7. The molecule has 0 bridgehead atoms. The standard InChI is InChI=1S/C13H21NS2/c1-8-7-12(10(3)16-8)9(2)14-13-5-6-15-11(13)4/h7,9,11,13-14H,5-6H2,1-4H3. The van der Waals surface area contributed by atoms with Crippen molar-refractivity contribution in [1.82, 2.24) is 5.32 Å². The van der Waals surface area contributed by atoms with E-state index in [0.717, 1.165) is 5.25 Å². The summed E-state index contributed by atoms with van der Waals surface area (Å²) in [5.74, 6) is 1.31. The highest BCUT2D eigenvalue weighted by molar-refractivity contribution is 8.00. The molecule has 3 unspecified atom stereocenters. The molecule has 0 spiro atoms. The highest BCUT2D eigenvalue weighted by Gasteiger charge is 2.25. The van der Waals surface area contributed by atoms with Gasteiger partial charge in [-0.2, -0.15) is 11.8 Å². The monoisotopic (exact) mass is 255 g/mol. The molecule has 3 atom stereocenters. The minimum absolute atomic E-state index is 0.496. The Hall–Kier alpha value is 0.01000. The number of aryl methyl sites for hydroxylation is 2. The van der Waals surface area contributed by atoms with Gasteiger partial charge in [-0.1, -0.05) is 6.92 Å². The van der Waals surface area contributed by atoms with Gasteiger partial charge in [-0.3, -0.25) is 0 Å². The molecule has 1 N–H and O–H groups in total. The summed E-state index contributed by atoms with van der Waals surface area (Å²) in [5, 5.41) is 4.55. The molecule has 2 heterocycles. The Labute approximate surface area is 107 Å². The van der Waals surface area contributed by atoms with E-state index in [4.69, 9.17) is 0 Å². The highest BCUT2D eigenvalue weighted by atomic mass is 32.2. The molecule has 1 nitrogen and oxygen atoms in total. The number of hydrogen-bond acceptors (Lipinski definition) is 3. The fraction of sp³-hybridized carbons (Fsp3) is 0.692. The Morgan fingerprint density at radius 3 is 2.69 bits per heavy atom. The Kier molecular flexibility index (Phi) is 3.98. The second kappa shape index (κ2) is 5.11. The van der Waals surface area contributed by atoms with Crippen molar-refractivity contribution >= 4 is 23.1 Å². The van der Waals surface area contributed by atoms with Gasteiger partial charge in [-0.15, -0.1) is 11.3 Å². The van der Waals surface area contributed by atoms with Crippen molar-refractivity contribution in [3.8, 4) is 0 Å². The molecule has 0 aliphatic carbocycles. The van der Waals surface area contributed by atoms with E-state index in [-0.39, 0.29) is 0 Å². The van der Waals surface area contributed by atoms with Crippen LogP contribution in [0.4, 0.5) is 0 Å². The van der Waals surface area contributed by atoms with Gasteiger partial charge >= 0.3 is 0 Å². The maximum absolute atomic E-state index is 3.78. The quantitative estimate of drug-likeness (QED) is 0.879. The van der Waals surface area contributed by atoms with Crippen LogP contribution in [0, 0.1) is 13.8 Å². The first-order chi connectivity index (χ1) is 7.58. The average Bonchev–Trinajstić information content (AvgIpc) is 2.74. The molecule has 1 aliphatic heterocycles. The van der Waals surface area contributed by atoms with Gasteiger partial charge in [-0.05, 0) is 44.6 Å². The Morgan fingerprint density at radius 2 is 2.19 bits per heavy atom. The Bertz CT molecular complexity index is 359. The van der Waals surface area contributed by atoms with Crippen LogP contribution in [0.25, 0.3) is 0 Å². The number of thioether (sulfide) groups is 1. The van der Waals surface area contributed by atoms with E-state index in [9.17, 15) is 0 Å². The molecule has 0 radical (unpaired) electrons. The lowest BCUT2D eigenvalue weighted by molar-refractivity contribution is 0.453. The minimum Gasteiger partial charge on any atom is -0.306 e. The van der Waals surface area contributed by atoms with Crippen LogP contribution in [0.1, 0.15) is 41.6 Å². The summed E-state index contributed by atoms with van der Waals surface area (Å²) in [6.07, 6.45) is 1.32. The molecule has 0 saturated carbocycles. The molecule has 90 valence electrons. The van der Waals surface area contributed by atoms with Gasteiger partial charge in [0, 0.05) is 27.1 Å². The zero-order valence-corrected chi connectivity index (χ0v) is 12.2. The second-order valence-corrected chi connectivity index (χ2v) is 7.67. The van der Waals surface area contributed by atoms with Crippen molar-refractivity contribution < 1.29 is 0 Å². The lowest BCUT2D eigenvalue weighted by Gasteiger charge is -2.22. The zero-order valence-electron chi connectivity index (χ0n) is 10.5. The molecular weight excluding hydrogens is 234 g/mol. The average molecular weight is 255 g/mol. The minimum atomic E-state index is 0.496. The van der Waals surface area contributed by atoms with Gasteiger partial charge in [0.1, 0.15) is 0 Å². The number of hydrogen-bond donors (Lipinski definition) is 1. The molecule has 2 rings (SSSR count). The van der Waals surface area contributed by atoms with Crippen molar-refractivity contribution in [3.63, 3.8) is 0 Å². The van der Waals surface area contributed by atoms with Crippen molar-refractivity contribution in [2.45, 2.75) is 51.4 Å². The van der Waals surface area contributed by atoms with E-state index < -0.39 is 0 Å². The lowest BCUT2D eigenvalue weighted by Crippen LogP contribution is -2.35. The largest absolute Gasteiger partial charge is 0.306 e. The molecule has 1 aliphatic rings. The molecule has 0 aromatic carbocycles. The molecule has 1 fully saturated rings. The highest BCUT2D eigenvalue weighted by Crippen LogP contribution is 2.30. The second-order valence-electron chi connectivity index (χ2n) is 4.73. The van der Waals surface area contributed by atoms with Gasteiger partial charge in [0.2, 0.25) is 0 Å². The van der Waals surface area contributed by atoms with Crippen LogP contribution in [0.3, 0.4) is 0 Å². The van der Waals surface area contributed by atoms with E-state index in [0.29, 0.717) is 12.1 Å². The van der Waals surface area contributed by atoms with E-state index in [1.807, 2.05) is 11.3 Å². The third kappa shape index (κ3) is 2.63. The number of thiophene rings is 1. The summed E-state index contributed by atoms with van der Waals surface area (Å²) in [4.78, 5) is 2.89. The van der Waals surface area contributed by atoms with Gasteiger partial charge in [-0.25, -0.2) is 0 Å². The predicted molar refractivity (Wildman–Crippen MR) is 75.7 cm³/mol. The van der Waals surface area contributed by atoms with Crippen LogP contribution < -0.4 is 5.32 Å². The molecule has 3 heteroatoms. The van der Waals surface area contributed by atoms with E-state index in [2.05, 4.69) is 50.8 Å². The fourth-order valence-electron chi connectivity index (χ4n) is 2.44. The first kappa shape index (κ1) is 12.5. The lowest BCUT2D eigenvalue weighted by atomic mass is 10.1. The first-order valence-electron chi connectivity index (χ1n) is 6.02. The number of rotatable bonds is 3. The van der Waals surface area contributed by atoms with Crippen LogP contribution in [0.5, 0.6) is 0 Å². The van der Waals surface area contributed by atoms with Gasteiger partial charge in [0.15, 0.2) is 0 Å². The van der Waals surface area contributed by atoms with Crippen LogP contribution in [-0.4, -0.2) is 17.0 Å². The smallest absolute Gasteiger partial charge is 0.0305 e. The van der Waals surface area contributed by atoms with Crippen LogP contribution in [0.15, 0.2) is 6.07 Å². The number of nitrogens with one attached hydrogen (secondary N) is 1. The van der Waals surface area contributed by atoms with E-state index >= 15 is 0 Å². The van der Waals surface area contributed by atoms with Crippen LogP contribution >= 0.6 is 23.1 Å². The molecule has 1 saturated heterocycles. The van der Waals surface area contributed by atoms with Gasteiger partial charge in [0.05, 0.1) is 0 Å². The summed E-state index contributed by atoms with van der Waals surface area (Å²) in [5.41, 5.74) is 1.49. The maximum atomic E-state index is 3.78. The van der Waals surface area contributed by atoms with Crippen molar-refractivity contribution in [2.24, 2.45) is 0 Å². The molecule has 1 aromatic rings. The molecular formula is C13H21NS2. The summed E-state index contributed by atoms with van der Waals surface area (Å²) in [6.45, 7) is 9.07. The molecule has 0 amide bonds. The van der Waals surface area contributed by atoms with E-state index in [1.165, 1.54) is 27.5 Å².